The van der Waals surface area contributed by atoms with Gasteiger partial charge in [0.15, 0.2) is 9.84 Å². The molecule has 7 nitrogen and oxygen atoms in total. The van der Waals surface area contributed by atoms with Crippen molar-refractivity contribution in [3.8, 4) is 23.0 Å². The Labute approximate surface area is 182 Å². The molecule has 1 N–H and O–H groups in total. The second-order valence-electron chi connectivity index (χ2n) is 7.72. The highest BCUT2D eigenvalue weighted by atomic mass is 32.2. The van der Waals surface area contributed by atoms with Crippen LogP contribution in [0.1, 0.15) is 17.9 Å². The molecule has 0 amide bonds. The molecule has 1 fully saturated rings. The molecule has 0 spiro atoms. The summed E-state index contributed by atoms with van der Waals surface area (Å²) < 4.78 is 35.6. The van der Waals surface area contributed by atoms with Crippen LogP contribution in [-0.2, 0) is 16.4 Å². The van der Waals surface area contributed by atoms with Crippen LogP contribution >= 0.6 is 0 Å². The highest BCUT2D eigenvalue weighted by molar-refractivity contribution is 7.91. The first-order chi connectivity index (χ1) is 14.9. The lowest BCUT2D eigenvalue weighted by atomic mass is 10.2. The zero-order valence-corrected chi connectivity index (χ0v) is 18.2. The van der Waals surface area contributed by atoms with Gasteiger partial charge in [-0.25, -0.2) is 13.4 Å². The van der Waals surface area contributed by atoms with Gasteiger partial charge in [-0.05, 0) is 43.7 Å². The van der Waals surface area contributed by atoms with Gasteiger partial charge in [0.1, 0.15) is 17.3 Å². The molecule has 0 saturated carbocycles. The van der Waals surface area contributed by atoms with Crippen molar-refractivity contribution in [2.45, 2.75) is 25.9 Å². The summed E-state index contributed by atoms with van der Waals surface area (Å²) in [6.07, 6.45) is 0.574. The van der Waals surface area contributed by atoms with Crippen molar-refractivity contribution < 1.29 is 22.7 Å². The van der Waals surface area contributed by atoms with Gasteiger partial charge in [-0.3, -0.25) is 4.90 Å². The first-order valence-corrected chi connectivity index (χ1v) is 12.1. The summed E-state index contributed by atoms with van der Waals surface area (Å²) in [6, 6.07) is 17.0. The summed E-state index contributed by atoms with van der Waals surface area (Å²) in [4.78, 5) is 6.64. The SMILES string of the molecule is Cc1oc(-c2cccc(Oc3ccccc3)c2)nc1CN(CCO)[C@H]1CCS(=O)(=O)C1. The van der Waals surface area contributed by atoms with Crippen molar-refractivity contribution in [1.29, 1.82) is 0 Å². The lowest BCUT2D eigenvalue weighted by Crippen LogP contribution is -2.38. The van der Waals surface area contributed by atoms with Crippen LogP contribution in [0.15, 0.2) is 59.0 Å². The maximum absolute atomic E-state index is 11.9. The largest absolute Gasteiger partial charge is 0.457 e. The third-order valence-electron chi connectivity index (χ3n) is 5.42. The van der Waals surface area contributed by atoms with Crippen molar-refractivity contribution in [1.82, 2.24) is 9.88 Å². The van der Waals surface area contributed by atoms with Crippen LogP contribution in [0.25, 0.3) is 11.5 Å². The van der Waals surface area contributed by atoms with E-state index in [0.717, 1.165) is 17.0 Å². The number of ether oxygens (including phenoxy) is 1. The van der Waals surface area contributed by atoms with E-state index in [9.17, 15) is 13.5 Å². The van der Waals surface area contributed by atoms with Crippen LogP contribution in [0.5, 0.6) is 11.5 Å². The van der Waals surface area contributed by atoms with E-state index in [2.05, 4.69) is 4.98 Å². The molecular weight excluding hydrogens is 416 g/mol. The normalized spacial score (nSPS) is 17.8. The number of hydrogen-bond donors (Lipinski definition) is 1. The highest BCUT2D eigenvalue weighted by Gasteiger charge is 2.32. The molecule has 3 aromatic rings. The van der Waals surface area contributed by atoms with E-state index in [1.54, 1.807) is 0 Å². The maximum atomic E-state index is 11.9. The number of nitrogens with zero attached hydrogens (tertiary/aromatic N) is 2. The number of aromatic nitrogens is 1. The van der Waals surface area contributed by atoms with Crippen molar-refractivity contribution in [2.24, 2.45) is 0 Å². The fourth-order valence-electron chi connectivity index (χ4n) is 3.79. The van der Waals surface area contributed by atoms with E-state index in [1.165, 1.54) is 0 Å². The van der Waals surface area contributed by atoms with Crippen LogP contribution < -0.4 is 4.74 Å². The molecule has 1 aromatic heterocycles. The molecule has 8 heteroatoms. The van der Waals surface area contributed by atoms with E-state index in [0.29, 0.717) is 36.9 Å². The van der Waals surface area contributed by atoms with Crippen LogP contribution in [0, 0.1) is 6.92 Å². The molecule has 2 heterocycles. The van der Waals surface area contributed by atoms with E-state index in [4.69, 9.17) is 9.15 Å². The molecule has 0 unspecified atom stereocenters. The maximum Gasteiger partial charge on any atom is 0.226 e. The van der Waals surface area contributed by atoms with E-state index in [1.807, 2.05) is 66.4 Å². The second kappa shape index (κ2) is 9.21. The van der Waals surface area contributed by atoms with Crippen LogP contribution in [0.3, 0.4) is 0 Å². The van der Waals surface area contributed by atoms with Gasteiger partial charge in [0.25, 0.3) is 0 Å². The smallest absolute Gasteiger partial charge is 0.226 e. The predicted octanol–water partition coefficient (Wildman–Crippen LogP) is 3.42. The van der Waals surface area contributed by atoms with Crippen molar-refractivity contribution in [3.05, 3.63) is 66.1 Å². The number of aliphatic hydroxyl groups is 1. The van der Waals surface area contributed by atoms with Crippen LogP contribution in [0.2, 0.25) is 0 Å². The summed E-state index contributed by atoms with van der Waals surface area (Å²) in [6.45, 7) is 2.62. The molecule has 0 radical (unpaired) electrons. The summed E-state index contributed by atoms with van der Waals surface area (Å²) in [5, 5.41) is 9.46. The first-order valence-electron chi connectivity index (χ1n) is 10.3. The number of aliphatic hydroxyl groups excluding tert-OH is 1. The number of sulfone groups is 1. The molecule has 164 valence electrons. The lowest BCUT2D eigenvalue weighted by molar-refractivity contribution is 0.152. The summed E-state index contributed by atoms with van der Waals surface area (Å²) in [7, 11) is -3.01. The molecule has 1 saturated heterocycles. The molecule has 1 aliphatic rings. The number of rotatable bonds is 8. The number of para-hydroxylation sites is 1. The van der Waals surface area contributed by atoms with E-state index < -0.39 is 9.84 Å². The molecule has 0 bridgehead atoms. The van der Waals surface area contributed by atoms with Gasteiger partial charge in [-0.2, -0.15) is 0 Å². The minimum atomic E-state index is -3.01. The zero-order chi connectivity index (χ0) is 21.8. The third-order valence-corrected chi connectivity index (χ3v) is 7.17. The summed E-state index contributed by atoms with van der Waals surface area (Å²) in [5.41, 5.74) is 1.53. The Morgan fingerprint density at radius 1 is 1.16 bits per heavy atom. The van der Waals surface area contributed by atoms with Gasteiger partial charge < -0.3 is 14.3 Å². The van der Waals surface area contributed by atoms with Crippen molar-refractivity contribution in [3.63, 3.8) is 0 Å². The first kappa shape index (κ1) is 21.5. The summed E-state index contributed by atoms with van der Waals surface area (Å²) in [5.74, 6) is 2.89. The molecule has 2 aromatic carbocycles. The van der Waals surface area contributed by atoms with Gasteiger partial charge in [-0.15, -0.1) is 0 Å². The van der Waals surface area contributed by atoms with Gasteiger partial charge in [0.05, 0.1) is 23.8 Å². The van der Waals surface area contributed by atoms with Crippen LogP contribution in [-0.4, -0.2) is 54.1 Å². The van der Waals surface area contributed by atoms with E-state index >= 15 is 0 Å². The Kier molecular flexibility index (Phi) is 6.41. The number of aryl methyl sites for hydroxylation is 1. The zero-order valence-electron chi connectivity index (χ0n) is 17.4. The van der Waals surface area contributed by atoms with E-state index in [-0.39, 0.29) is 24.2 Å². The third kappa shape index (κ3) is 5.33. The standard InChI is InChI=1S/C23H26N2O5S/c1-17-22(15-25(11-12-26)19-10-13-31(27,28)16-19)24-23(29-17)18-6-5-9-21(14-18)30-20-7-3-2-4-8-20/h2-9,14,19,26H,10-13,15-16H2,1H3/t19-/m0/s1. The van der Waals surface area contributed by atoms with Crippen molar-refractivity contribution >= 4 is 9.84 Å². The van der Waals surface area contributed by atoms with Gasteiger partial charge >= 0.3 is 0 Å². The quantitative estimate of drug-likeness (QED) is 0.571. The molecular formula is C23H26N2O5S. The molecule has 1 aliphatic heterocycles. The average Bonchev–Trinajstić information content (AvgIpc) is 3.30. The van der Waals surface area contributed by atoms with Gasteiger partial charge in [0.2, 0.25) is 5.89 Å². The Morgan fingerprint density at radius 3 is 2.65 bits per heavy atom. The fraction of sp³-hybridized carbons (Fsp3) is 0.348. The minimum Gasteiger partial charge on any atom is -0.457 e. The monoisotopic (exact) mass is 442 g/mol. The Morgan fingerprint density at radius 2 is 1.94 bits per heavy atom. The molecule has 1 atom stereocenters. The predicted molar refractivity (Wildman–Crippen MR) is 118 cm³/mol. The topological polar surface area (TPSA) is 92.9 Å². The highest BCUT2D eigenvalue weighted by Crippen LogP contribution is 2.29. The fourth-order valence-corrected chi connectivity index (χ4v) is 5.55. The Balaban J connectivity index is 1.52. The minimum absolute atomic E-state index is 0.0425. The van der Waals surface area contributed by atoms with Crippen molar-refractivity contribution in [2.75, 3.05) is 24.7 Å². The number of hydrogen-bond acceptors (Lipinski definition) is 7. The summed E-state index contributed by atoms with van der Waals surface area (Å²) >= 11 is 0. The lowest BCUT2D eigenvalue weighted by Gasteiger charge is -2.26. The molecule has 0 aliphatic carbocycles. The molecule has 4 rings (SSSR count). The number of benzene rings is 2. The van der Waals surface area contributed by atoms with Gasteiger partial charge in [0, 0.05) is 24.7 Å². The molecule has 31 heavy (non-hydrogen) atoms. The Hall–Kier alpha value is -2.68. The Bertz CT molecular complexity index is 1130. The second-order valence-corrected chi connectivity index (χ2v) is 9.94. The van der Waals surface area contributed by atoms with Gasteiger partial charge in [-0.1, -0.05) is 24.3 Å². The van der Waals surface area contributed by atoms with Crippen LogP contribution in [0.4, 0.5) is 0 Å². The average molecular weight is 443 g/mol. The number of oxazole rings is 1.